The zero-order valence-corrected chi connectivity index (χ0v) is 10.3. The van der Waals surface area contributed by atoms with Gasteiger partial charge in [-0.1, -0.05) is 23.7 Å². The van der Waals surface area contributed by atoms with E-state index in [0.717, 1.165) is 22.4 Å². The Hall–Kier alpha value is -1.19. The standard InChI is InChI=1S/C12H14ClN3/c1-7-9-5-4-6-10(13)11(9)16-12(15-7)8(2)14-3/h4-6,8,14H,1-3H3. The van der Waals surface area contributed by atoms with Gasteiger partial charge < -0.3 is 5.32 Å². The first-order chi connectivity index (χ1) is 7.63. The van der Waals surface area contributed by atoms with Crippen molar-refractivity contribution in [2.75, 3.05) is 7.05 Å². The van der Waals surface area contributed by atoms with Crippen LogP contribution in [0.1, 0.15) is 24.5 Å². The van der Waals surface area contributed by atoms with Crippen LogP contribution in [0.25, 0.3) is 10.9 Å². The van der Waals surface area contributed by atoms with E-state index in [-0.39, 0.29) is 6.04 Å². The van der Waals surface area contributed by atoms with Gasteiger partial charge in [0.25, 0.3) is 0 Å². The summed E-state index contributed by atoms with van der Waals surface area (Å²) in [6, 6.07) is 5.89. The maximum absolute atomic E-state index is 6.14. The number of hydrogen-bond donors (Lipinski definition) is 1. The van der Waals surface area contributed by atoms with Gasteiger partial charge in [0.15, 0.2) is 0 Å². The molecule has 1 aromatic heterocycles. The summed E-state index contributed by atoms with van der Waals surface area (Å²) >= 11 is 6.14. The third-order valence-corrected chi connectivity index (χ3v) is 3.01. The molecule has 0 spiro atoms. The smallest absolute Gasteiger partial charge is 0.145 e. The van der Waals surface area contributed by atoms with Crippen molar-refractivity contribution < 1.29 is 0 Å². The predicted molar refractivity (Wildman–Crippen MR) is 66.8 cm³/mol. The molecule has 0 fully saturated rings. The van der Waals surface area contributed by atoms with Crippen LogP contribution in [0.5, 0.6) is 0 Å². The fourth-order valence-corrected chi connectivity index (χ4v) is 1.83. The Balaban J connectivity index is 2.70. The summed E-state index contributed by atoms with van der Waals surface area (Å²) < 4.78 is 0. The van der Waals surface area contributed by atoms with Crippen LogP contribution in [0, 0.1) is 6.92 Å². The first-order valence-corrected chi connectivity index (χ1v) is 5.61. The predicted octanol–water partition coefficient (Wildman–Crippen LogP) is 2.87. The van der Waals surface area contributed by atoms with E-state index in [1.54, 1.807) is 0 Å². The van der Waals surface area contributed by atoms with E-state index in [2.05, 4.69) is 15.3 Å². The molecule has 0 bridgehead atoms. The van der Waals surface area contributed by atoms with Gasteiger partial charge in [0, 0.05) is 11.1 Å². The Morgan fingerprint density at radius 1 is 1.31 bits per heavy atom. The van der Waals surface area contributed by atoms with Crippen LogP contribution in [0.4, 0.5) is 0 Å². The zero-order chi connectivity index (χ0) is 11.7. The van der Waals surface area contributed by atoms with Crippen LogP contribution in [0.2, 0.25) is 5.02 Å². The molecule has 1 N–H and O–H groups in total. The van der Waals surface area contributed by atoms with Gasteiger partial charge in [0.05, 0.1) is 16.6 Å². The molecule has 0 saturated heterocycles. The molecular formula is C12H14ClN3. The Morgan fingerprint density at radius 3 is 2.75 bits per heavy atom. The maximum Gasteiger partial charge on any atom is 0.145 e. The van der Waals surface area contributed by atoms with E-state index in [0.29, 0.717) is 5.02 Å². The van der Waals surface area contributed by atoms with E-state index in [1.807, 2.05) is 39.1 Å². The Labute approximate surface area is 99.9 Å². The van der Waals surface area contributed by atoms with Crippen molar-refractivity contribution in [3.63, 3.8) is 0 Å². The van der Waals surface area contributed by atoms with E-state index in [4.69, 9.17) is 11.6 Å². The lowest BCUT2D eigenvalue weighted by molar-refractivity contribution is 0.611. The number of rotatable bonds is 2. The van der Waals surface area contributed by atoms with Crippen molar-refractivity contribution in [2.24, 2.45) is 0 Å². The Morgan fingerprint density at radius 2 is 2.06 bits per heavy atom. The number of hydrogen-bond acceptors (Lipinski definition) is 3. The average molecular weight is 236 g/mol. The van der Waals surface area contributed by atoms with Crippen LogP contribution in [-0.2, 0) is 0 Å². The molecule has 0 aliphatic rings. The normalized spacial score (nSPS) is 13.0. The topological polar surface area (TPSA) is 37.8 Å². The maximum atomic E-state index is 6.14. The van der Waals surface area contributed by atoms with Crippen molar-refractivity contribution in [1.82, 2.24) is 15.3 Å². The molecule has 1 atom stereocenters. The van der Waals surface area contributed by atoms with Crippen molar-refractivity contribution >= 4 is 22.5 Å². The third kappa shape index (κ3) is 1.88. The largest absolute Gasteiger partial charge is 0.311 e. The second-order valence-electron chi connectivity index (χ2n) is 3.81. The fourth-order valence-electron chi connectivity index (χ4n) is 1.62. The van der Waals surface area contributed by atoms with Crippen LogP contribution in [0.15, 0.2) is 18.2 Å². The van der Waals surface area contributed by atoms with E-state index >= 15 is 0 Å². The quantitative estimate of drug-likeness (QED) is 0.870. The molecule has 0 aliphatic heterocycles. The van der Waals surface area contributed by atoms with Gasteiger partial charge in [-0.3, -0.25) is 0 Å². The molecule has 0 aliphatic carbocycles. The van der Waals surface area contributed by atoms with Crippen molar-refractivity contribution in [2.45, 2.75) is 19.9 Å². The highest BCUT2D eigenvalue weighted by Crippen LogP contribution is 2.24. The summed E-state index contributed by atoms with van der Waals surface area (Å²) in [6.07, 6.45) is 0. The van der Waals surface area contributed by atoms with Gasteiger partial charge in [-0.2, -0.15) is 0 Å². The number of nitrogens with zero attached hydrogens (tertiary/aromatic N) is 2. The number of aryl methyl sites for hydroxylation is 1. The zero-order valence-electron chi connectivity index (χ0n) is 9.58. The summed E-state index contributed by atoms with van der Waals surface area (Å²) in [5.74, 6) is 0.778. The summed E-state index contributed by atoms with van der Waals surface area (Å²) in [6.45, 7) is 4.00. The number of nitrogens with one attached hydrogen (secondary N) is 1. The second kappa shape index (κ2) is 4.36. The molecule has 84 valence electrons. The van der Waals surface area contributed by atoms with Crippen molar-refractivity contribution in [1.29, 1.82) is 0 Å². The van der Waals surface area contributed by atoms with Gasteiger partial charge >= 0.3 is 0 Å². The minimum absolute atomic E-state index is 0.124. The number of benzene rings is 1. The molecule has 1 aromatic carbocycles. The summed E-state index contributed by atoms with van der Waals surface area (Å²) in [5, 5.41) is 4.81. The molecule has 16 heavy (non-hydrogen) atoms. The summed E-state index contributed by atoms with van der Waals surface area (Å²) in [5.41, 5.74) is 1.79. The molecule has 0 radical (unpaired) electrons. The SMILES string of the molecule is CNC(C)c1nc(C)c2cccc(Cl)c2n1. The Kier molecular flexibility index (Phi) is 3.08. The minimum Gasteiger partial charge on any atom is -0.311 e. The lowest BCUT2D eigenvalue weighted by Crippen LogP contribution is -2.16. The monoisotopic (exact) mass is 235 g/mol. The highest BCUT2D eigenvalue weighted by molar-refractivity contribution is 6.35. The molecule has 2 rings (SSSR count). The van der Waals surface area contributed by atoms with Crippen LogP contribution in [-0.4, -0.2) is 17.0 Å². The van der Waals surface area contributed by atoms with Gasteiger partial charge in [0.2, 0.25) is 0 Å². The number of fused-ring (bicyclic) bond motifs is 1. The summed E-state index contributed by atoms with van der Waals surface area (Å²) in [4.78, 5) is 8.98. The first kappa shape index (κ1) is 11.3. The lowest BCUT2D eigenvalue weighted by Gasteiger charge is -2.11. The van der Waals surface area contributed by atoms with E-state index < -0.39 is 0 Å². The van der Waals surface area contributed by atoms with Crippen LogP contribution in [0.3, 0.4) is 0 Å². The number of halogens is 1. The molecular weight excluding hydrogens is 222 g/mol. The second-order valence-corrected chi connectivity index (χ2v) is 4.22. The molecule has 0 saturated carbocycles. The minimum atomic E-state index is 0.124. The molecule has 2 aromatic rings. The van der Waals surface area contributed by atoms with Crippen LogP contribution < -0.4 is 5.32 Å². The third-order valence-electron chi connectivity index (χ3n) is 2.71. The molecule has 1 unspecified atom stereocenters. The Bertz CT molecular complexity index is 525. The van der Waals surface area contributed by atoms with Crippen molar-refractivity contribution in [3.05, 3.63) is 34.7 Å². The van der Waals surface area contributed by atoms with Gasteiger partial charge in [-0.15, -0.1) is 0 Å². The van der Waals surface area contributed by atoms with Gasteiger partial charge in [-0.25, -0.2) is 9.97 Å². The molecule has 3 nitrogen and oxygen atoms in total. The van der Waals surface area contributed by atoms with Gasteiger partial charge in [-0.05, 0) is 27.0 Å². The average Bonchev–Trinajstić information content (AvgIpc) is 2.29. The number of para-hydroxylation sites is 1. The summed E-state index contributed by atoms with van der Waals surface area (Å²) in [7, 11) is 1.89. The fraction of sp³-hybridized carbons (Fsp3) is 0.333. The molecule has 0 amide bonds. The number of aromatic nitrogens is 2. The van der Waals surface area contributed by atoms with E-state index in [9.17, 15) is 0 Å². The first-order valence-electron chi connectivity index (χ1n) is 5.23. The van der Waals surface area contributed by atoms with Crippen LogP contribution >= 0.6 is 11.6 Å². The molecule has 4 heteroatoms. The van der Waals surface area contributed by atoms with E-state index in [1.165, 1.54) is 0 Å². The van der Waals surface area contributed by atoms with Gasteiger partial charge in [0.1, 0.15) is 5.82 Å². The lowest BCUT2D eigenvalue weighted by atomic mass is 10.2. The highest BCUT2D eigenvalue weighted by Gasteiger charge is 2.11. The highest BCUT2D eigenvalue weighted by atomic mass is 35.5. The molecule has 1 heterocycles. The van der Waals surface area contributed by atoms with Crippen molar-refractivity contribution in [3.8, 4) is 0 Å².